The molecular weight excluding hydrogens is 620 g/mol. The van der Waals surface area contributed by atoms with Gasteiger partial charge in [0.05, 0.1) is 18.2 Å². The molecule has 0 radical (unpaired) electrons. The minimum atomic E-state index is -0.634. The van der Waals surface area contributed by atoms with E-state index in [1.807, 2.05) is 43.9 Å². The minimum absolute atomic E-state index is 0.00535. The lowest BCUT2D eigenvalue weighted by atomic mass is 10.0. The fourth-order valence-corrected chi connectivity index (χ4v) is 6.03. The van der Waals surface area contributed by atoms with Gasteiger partial charge in [-0.2, -0.15) is 5.21 Å². The first-order valence-corrected chi connectivity index (χ1v) is 15.9. The third kappa shape index (κ3) is 7.51. The zero-order chi connectivity index (χ0) is 33.8. The number of likely N-dealkylation sites (tertiary alicyclic amines) is 1. The number of ether oxygens (including phenoxy) is 4. The average molecular weight is 661 g/mol. The number of benzene rings is 2. The fourth-order valence-electron chi connectivity index (χ4n) is 6.03. The second-order valence-electron chi connectivity index (χ2n) is 12.8. The van der Waals surface area contributed by atoms with Crippen molar-refractivity contribution in [2.75, 3.05) is 45.3 Å². The maximum atomic E-state index is 13.5. The van der Waals surface area contributed by atoms with Crippen LogP contribution in [0.5, 0.6) is 17.2 Å². The lowest BCUT2D eigenvalue weighted by molar-refractivity contribution is 0.00562. The van der Waals surface area contributed by atoms with Gasteiger partial charge in [0.2, 0.25) is 0 Å². The number of nitrogens with one attached hydrogen (secondary N) is 2. The highest BCUT2D eigenvalue weighted by Gasteiger charge is 2.32. The minimum Gasteiger partial charge on any atom is -0.497 e. The first-order valence-electron chi connectivity index (χ1n) is 15.9. The molecule has 15 nitrogen and oxygen atoms in total. The molecule has 0 unspecified atom stereocenters. The second-order valence-corrected chi connectivity index (χ2v) is 12.8. The number of piperidine rings is 1. The molecule has 4 heterocycles. The van der Waals surface area contributed by atoms with Gasteiger partial charge in [-0.3, -0.25) is 14.9 Å². The van der Waals surface area contributed by atoms with Crippen LogP contribution in [0.3, 0.4) is 0 Å². The number of aromatic nitrogens is 5. The van der Waals surface area contributed by atoms with E-state index in [1.54, 1.807) is 29.9 Å². The molecule has 48 heavy (non-hydrogen) atoms. The highest BCUT2D eigenvalue weighted by Crippen LogP contribution is 2.32. The van der Waals surface area contributed by atoms with Gasteiger partial charge in [-0.05, 0) is 68.7 Å². The molecule has 6 rings (SSSR count). The van der Waals surface area contributed by atoms with Crippen molar-refractivity contribution in [3.63, 3.8) is 0 Å². The largest absolute Gasteiger partial charge is 0.497 e. The molecule has 254 valence electrons. The molecule has 2 N–H and O–H groups in total. The number of nitrogens with zero attached hydrogens (tertiary/aromatic N) is 6. The molecule has 15 heteroatoms. The molecule has 1 saturated heterocycles. The maximum Gasteiger partial charge on any atom is 0.410 e. The van der Waals surface area contributed by atoms with Crippen LogP contribution in [-0.4, -0.2) is 98.6 Å². The highest BCUT2D eigenvalue weighted by atomic mass is 16.6. The fraction of sp³-hybridized carbons (Fsp3) is 0.455. The molecular formula is C33H40N8O7. The molecule has 2 aromatic heterocycles. The van der Waals surface area contributed by atoms with Crippen LogP contribution >= 0.6 is 0 Å². The number of methoxy groups -OCH3 is 1. The van der Waals surface area contributed by atoms with E-state index in [-0.39, 0.29) is 29.2 Å². The molecule has 0 spiro atoms. The number of aromatic amines is 1. The summed E-state index contributed by atoms with van der Waals surface area (Å²) < 4.78 is 24.4. The number of tetrazole rings is 1. The summed E-state index contributed by atoms with van der Waals surface area (Å²) in [6, 6.07) is 12.3. The van der Waals surface area contributed by atoms with Gasteiger partial charge in [0.15, 0.2) is 11.5 Å². The number of carbonyl (C=O) groups excluding carboxylic acids is 2. The predicted octanol–water partition coefficient (Wildman–Crippen LogP) is 3.45. The van der Waals surface area contributed by atoms with Crippen LogP contribution in [0.25, 0.3) is 10.9 Å². The Kier molecular flexibility index (Phi) is 9.48. The van der Waals surface area contributed by atoms with Crippen molar-refractivity contribution in [3.8, 4) is 17.2 Å². The standard InChI is InChI=1S/C33H40N8O7/c1-33(2,3)48-32(44)41(20-21-5-8-27-28(17-21)47-16-15-46-27)22-9-11-39(12-10-22)13-14-40-26-18-23(45-4)6-7-24(26)25(19-29(40)42)30(43)34-31-35-37-38-36-31/h5-8,17-19,22H,9-16,20H2,1-4H3,(H2,34,35,36,37,38,43). The van der Waals surface area contributed by atoms with Crippen LogP contribution in [0.2, 0.25) is 0 Å². The van der Waals surface area contributed by atoms with Gasteiger partial charge in [-0.15, -0.1) is 5.10 Å². The Hall–Kier alpha value is -5.18. The Labute approximate surface area is 277 Å². The van der Waals surface area contributed by atoms with Crippen molar-refractivity contribution in [2.24, 2.45) is 0 Å². The van der Waals surface area contributed by atoms with Crippen LogP contribution in [-0.2, 0) is 17.8 Å². The van der Waals surface area contributed by atoms with E-state index >= 15 is 0 Å². The molecule has 1 fully saturated rings. The van der Waals surface area contributed by atoms with Crippen molar-refractivity contribution >= 4 is 28.9 Å². The van der Waals surface area contributed by atoms with Gasteiger partial charge in [0, 0.05) is 56.3 Å². The summed E-state index contributed by atoms with van der Waals surface area (Å²) in [5, 5.41) is 16.4. The number of amides is 2. The topological polar surface area (TPSA) is 166 Å². The SMILES string of the molecule is COc1ccc2c(C(=O)Nc3nn[nH]n3)cc(=O)n(CCN3CCC(N(Cc4ccc5c(c4)OCCO5)C(=O)OC(C)(C)C)CC3)c2c1. The van der Waals surface area contributed by atoms with Crippen molar-refractivity contribution in [2.45, 2.75) is 58.3 Å². The van der Waals surface area contributed by atoms with Gasteiger partial charge in [0.1, 0.15) is 24.6 Å². The maximum absolute atomic E-state index is 13.5. The van der Waals surface area contributed by atoms with E-state index in [9.17, 15) is 14.4 Å². The summed E-state index contributed by atoms with van der Waals surface area (Å²) in [4.78, 5) is 44.1. The summed E-state index contributed by atoms with van der Waals surface area (Å²) in [7, 11) is 1.55. The van der Waals surface area contributed by atoms with Crippen LogP contribution < -0.4 is 25.1 Å². The number of rotatable bonds is 9. The summed E-state index contributed by atoms with van der Waals surface area (Å²) in [6.07, 6.45) is 1.12. The lowest BCUT2D eigenvalue weighted by Crippen LogP contribution is -2.49. The summed E-state index contributed by atoms with van der Waals surface area (Å²) in [6.45, 7) is 9.43. The summed E-state index contributed by atoms with van der Waals surface area (Å²) in [5.41, 5.74) is 0.749. The Balaban J connectivity index is 1.15. The Morgan fingerprint density at radius 1 is 1.04 bits per heavy atom. The first kappa shape index (κ1) is 32.7. The smallest absolute Gasteiger partial charge is 0.410 e. The molecule has 2 amide bonds. The zero-order valence-corrected chi connectivity index (χ0v) is 27.5. The number of pyridine rings is 1. The van der Waals surface area contributed by atoms with Crippen LogP contribution in [0.15, 0.2) is 47.3 Å². The molecule has 0 saturated carbocycles. The molecule has 4 aromatic rings. The van der Waals surface area contributed by atoms with Gasteiger partial charge >= 0.3 is 6.09 Å². The van der Waals surface area contributed by atoms with E-state index in [2.05, 4.69) is 30.8 Å². The third-order valence-electron chi connectivity index (χ3n) is 8.36. The first-order chi connectivity index (χ1) is 23.1. The van der Waals surface area contributed by atoms with Gasteiger partial charge in [0.25, 0.3) is 17.4 Å². The molecule has 0 atom stereocenters. The highest BCUT2D eigenvalue weighted by molar-refractivity contribution is 6.11. The average Bonchev–Trinajstić information content (AvgIpc) is 3.58. The van der Waals surface area contributed by atoms with E-state index in [0.29, 0.717) is 61.0 Å². The molecule has 2 aliphatic heterocycles. The molecule has 2 aromatic carbocycles. The molecule has 0 bridgehead atoms. The number of H-pyrrole nitrogens is 1. The van der Waals surface area contributed by atoms with E-state index in [0.717, 1.165) is 31.5 Å². The van der Waals surface area contributed by atoms with Crippen molar-refractivity contribution < 1.29 is 28.5 Å². The molecule has 2 aliphatic rings. The number of hydrogen-bond acceptors (Lipinski definition) is 11. The van der Waals surface area contributed by atoms with Gasteiger partial charge in [-0.1, -0.05) is 11.2 Å². The quantitative estimate of drug-likeness (QED) is 0.270. The van der Waals surface area contributed by atoms with Crippen LogP contribution in [0.1, 0.15) is 49.5 Å². The normalized spacial score (nSPS) is 15.2. The van der Waals surface area contributed by atoms with E-state index in [1.165, 1.54) is 6.07 Å². The second kappa shape index (κ2) is 13.9. The number of hydrogen-bond donors (Lipinski definition) is 2. The number of anilines is 1. The van der Waals surface area contributed by atoms with E-state index in [4.69, 9.17) is 18.9 Å². The Morgan fingerprint density at radius 2 is 1.81 bits per heavy atom. The Morgan fingerprint density at radius 3 is 2.52 bits per heavy atom. The monoisotopic (exact) mass is 660 g/mol. The molecule has 0 aliphatic carbocycles. The lowest BCUT2D eigenvalue weighted by Gasteiger charge is -2.39. The number of fused-ring (bicyclic) bond motifs is 2. The van der Waals surface area contributed by atoms with Crippen molar-refractivity contribution in [1.29, 1.82) is 0 Å². The summed E-state index contributed by atoms with van der Waals surface area (Å²) in [5.74, 6) is 1.43. The van der Waals surface area contributed by atoms with Crippen molar-refractivity contribution in [1.82, 2.24) is 35.0 Å². The van der Waals surface area contributed by atoms with Crippen LogP contribution in [0, 0.1) is 0 Å². The van der Waals surface area contributed by atoms with Crippen LogP contribution in [0.4, 0.5) is 10.7 Å². The zero-order valence-electron chi connectivity index (χ0n) is 27.5. The summed E-state index contributed by atoms with van der Waals surface area (Å²) >= 11 is 0. The van der Waals surface area contributed by atoms with E-state index < -0.39 is 11.5 Å². The van der Waals surface area contributed by atoms with Crippen molar-refractivity contribution in [3.05, 3.63) is 63.9 Å². The third-order valence-corrected chi connectivity index (χ3v) is 8.36. The Bertz CT molecular complexity index is 1830. The predicted molar refractivity (Wildman–Crippen MR) is 176 cm³/mol. The van der Waals surface area contributed by atoms with Gasteiger partial charge in [-0.25, -0.2) is 4.79 Å². The number of carbonyl (C=O) groups is 2. The van der Waals surface area contributed by atoms with Gasteiger partial charge < -0.3 is 33.3 Å².